The van der Waals surface area contributed by atoms with Crippen LogP contribution in [0, 0.1) is 0 Å². The molecule has 0 amide bonds. The summed E-state index contributed by atoms with van der Waals surface area (Å²) < 4.78 is 10.9. The van der Waals surface area contributed by atoms with Gasteiger partial charge in [0.05, 0.1) is 5.02 Å². The van der Waals surface area contributed by atoms with Gasteiger partial charge in [-0.1, -0.05) is 18.5 Å². The monoisotopic (exact) mass is 272 g/mol. The van der Waals surface area contributed by atoms with Crippen molar-refractivity contribution in [3.05, 3.63) is 22.2 Å². The van der Waals surface area contributed by atoms with E-state index in [1.807, 2.05) is 6.92 Å². The molecule has 0 saturated carbocycles. The Hall–Kier alpha value is -1.46. The molecular formula is C12H13ClO5. The first-order valence-electron chi connectivity index (χ1n) is 5.58. The lowest BCUT2D eigenvalue weighted by Crippen LogP contribution is -2.19. The van der Waals surface area contributed by atoms with E-state index in [1.54, 1.807) is 0 Å². The first kappa shape index (κ1) is 13.0. The van der Waals surface area contributed by atoms with Gasteiger partial charge >= 0.3 is 5.97 Å². The number of halogens is 1. The molecule has 98 valence electrons. The number of fused-ring (bicyclic) bond motifs is 1. The van der Waals surface area contributed by atoms with Gasteiger partial charge in [-0.2, -0.15) is 0 Å². The van der Waals surface area contributed by atoms with Crippen LogP contribution in [-0.4, -0.2) is 29.4 Å². The van der Waals surface area contributed by atoms with Gasteiger partial charge in [-0.25, -0.2) is 4.79 Å². The molecule has 1 aliphatic rings. The topological polar surface area (TPSA) is 76.0 Å². The Labute approximate surface area is 109 Å². The molecule has 1 atom stereocenters. The molecule has 5 nitrogen and oxygen atoms in total. The first-order valence-corrected chi connectivity index (χ1v) is 5.95. The summed E-state index contributed by atoms with van der Waals surface area (Å²) in [6.07, 6.45) is -1.10. The van der Waals surface area contributed by atoms with Crippen LogP contribution in [0.25, 0.3) is 0 Å². The van der Waals surface area contributed by atoms with Crippen LogP contribution in [0.3, 0.4) is 0 Å². The Bertz CT molecular complexity index is 486. The standard InChI is InChI=1S/C12H13ClO5/c1-2-6-7(9(14)12(15)16)5-8(13)11-10(6)17-3-4-18-11/h5,9,14H,2-4H2,1H3,(H,15,16). The molecule has 1 aromatic rings. The Morgan fingerprint density at radius 2 is 2.06 bits per heavy atom. The molecule has 0 saturated heterocycles. The Morgan fingerprint density at radius 1 is 1.44 bits per heavy atom. The number of carboxylic acid groups (broad SMARTS) is 1. The van der Waals surface area contributed by atoms with Gasteiger partial charge in [-0.15, -0.1) is 0 Å². The van der Waals surface area contributed by atoms with Crippen molar-refractivity contribution < 1.29 is 24.5 Å². The van der Waals surface area contributed by atoms with E-state index >= 15 is 0 Å². The van der Waals surface area contributed by atoms with Gasteiger partial charge in [0.25, 0.3) is 0 Å². The Kier molecular flexibility index (Phi) is 3.63. The van der Waals surface area contributed by atoms with Gasteiger partial charge in [-0.05, 0) is 12.5 Å². The molecule has 1 aliphatic heterocycles. The summed E-state index contributed by atoms with van der Waals surface area (Å²) in [6, 6.07) is 1.42. The number of benzene rings is 1. The van der Waals surface area contributed by atoms with E-state index in [1.165, 1.54) is 6.07 Å². The zero-order chi connectivity index (χ0) is 13.3. The van der Waals surface area contributed by atoms with Crippen LogP contribution < -0.4 is 9.47 Å². The molecule has 0 aliphatic carbocycles. The average molecular weight is 273 g/mol. The highest BCUT2D eigenvalue weighted by atomic mass is 35.5. The van der Waals surface area contributed by atoms with Crippen molar-refractivity contribution in [2.24, 2.45) is 0 Å². The number of rotatable bonds is 3. The molecule has 6 heteroatoms. The molecule has 0 fully saturated rings. The van der Waals surface area contributed by atoms with Crippen molar-refractivity contribution in [1.82, 2.24) is 0 Å². The summed E-state index contributed by atoms with van der Waals surface area (Å²) in [5.74, 6) is -0.468. The van der Waals surface area contributed by atoms with Crippen LogP contribution in [0.5, 0.6) is 11.5 Å². The second kappa shape index (κ2) is 5.04. The van der Waals surface area contributed by atoms with E-state index in [9.17, 15) is 9.90 Å². The van der Waals surface area contributed by atoms with E-state index in [0.29, 0.717) is 36.7 Å². The van der Waals surface area contributed by atoms with Crippen LogP contribution in [-0.2, 0) is 11.2 Å². The highest BCUT2D eigenvalue weighted by Gasteiger charge is 2.27. The first-order chi connectivity index (χ1) is 8.56. The zero-order valence-corrected chi connectivity index (χ0v) is 10.5. The summed E-state index contributed by atoms with van der Waals surface area (Å²) in [4.78, 5) is 10.9. The molecule has 1 unspecified atom stereocenters. The van der Waals surface area contributed by atoms with Crippen LogP contribution in [0.4, 0.5) is 0 Å². The number of carboxylic acids is 1. The second-order valence-corrected chi connectivity index (χ2v) is 4.28. The molecule has 1 aromatic carbocycles. The molecule has 0 spiro atoms. The smallest absolute Gasteiger partial charge is 0.337 e. The van der Waals surface area contributed by atoms with Gasteiger partial charge < -0.3 is 19.7 Å². The highest BCUT2D eigenvalue weighted by Crippen LogP contribution is 2.43. The summed E-state index contributed by atoms with van der Waals surface area (Å²) in [5.41, 5.74) is 0.864. The van der Waals surface area contributed by atoms with E-state index in [2.05, 4.69) is 0 Å². The van der Waals surface area contributed by atoms with E-state index in [0.717, 1.165) is 0 Å². The van der Waals surface area contributed by atoms with E-state index < -0.39 is 12.1 Å². The number of aliphatic carboxylic acids is 1. The van der Waals surface area contributed by atoms with Gasteiger partial charge in [0.2, 0.25) is 0 Å². The highest BCUT2D eigenvalue weighted by molar-refractivity contribution is 6.32. The summed E-state index contributed by atoms with van der Waals surface area (Å²) in [6.45, 7) is 2.62. The van der Waals surface area contributed by atoms with Crippen LogP contribution in [0.2, 0.25) is 5.02 Å². The van der Waals surface area contributed by atoms with Crippen molar-refractivity contribution in [2.45, 2.75) is 19.4 Å². The minimum atomic E-state index is -1.62. The number of carbonyl (C=O) groups is 1. The molecule has 1 heterocycles. The molecule has 0 aromatic heterocycles. The summed E-state index contributed by atoms with van der Waals surface area (Å²) in [7, 11) is 0. The van der Waals surface area contributed by atoms with Crippen molar-refractivity contribution in [3.8, 4) is 11.5 Å². The lowest BCUT2D eigenvalue weighted by atomic mass is 9.98. The van der Waals surface area contributed by atoms with E-state index in [4.69, 9.17) is 26.2 Å². The third-order valence-electron chi connectivity index (χ3n) is 2.79. The molecule has 0 radical (unpaired) electrons. The molecule has 18 heavy (non-hydrogen) atoms. The fraction of sp³-hybridized carbons (Fsp3) is 0.417. The predicted octanol–water partition coefficient (Wildman–Crippen LogP) is 1.79. The number of hydrogen-bond acceptors (Lipinski definition) is 4. The maximum absolute atomic E-state index is 10.9. The third kappa shape index (κ3) is 2.11. The SMILES string of the molecule is CCc1c(C(O)C(=O)O)cc(Cl)c2c1OCCO2. The molecule has 2 N–H and O–H groups in total. The van der Waals surface area contributed by atoms with Crippen molar-refractivity contribution in [3.63, 3.8) is 0 Å². The third-order valence-corrected chi connectivity index (χ3v) is 3.07. The zero-order valence-electron chi connectivity index (χ0n) is 9.77. The van der Waals surface area contributed by atoms with Crippen LogP contribution >= 0.6 is 11.6 Å². The average Bonchev–Trinajstić information content (AvgIpc) is 2.37. The minimum Gasteiger partial charge on any atom is -0.486 e. The van der Waals surface area contributed by atoms with Crippen molar-refractivity contribution in [1.29, 1.82) is 0 Å². The Morgan fingerprint density at radius 3 is 2.61 bits per heavy atom. The largest absolute Gasteiger partial charge is 0.486 e. The van der Waals surface area contributed by atoms with Gasteiger partial charge in [0.1, 0.15) is 13.2 Å². The number of aliphatic hydroxyl groups is 1. The lowest BCUT2D eigenvalue weighted by Gasteiger charge is -2.24. The number of aliphatic hydroxyl groups excluding tert-OH is 1. The molecular weight excluding hydrogens is 260 g/mol. The number of hydrogen-bond donors (Lipinski definition) is 2. The molecule has 0 bridgehead atoms. The second-order valence-electron chi connectivity index (χ2n) is 3.88. The predicted molar refractivity (Wildman–Crippen MR) is 64.4 cm³/mol. The summed E-state index contributed by atoms with van der Waals surface area (Å²) >= 11 is 6.02. The fourth-order valence-electron chi connectivity index (χ4n) is 1.98. The minimum absolute atomic E-state index is 0.247. The Balaban J connectivity index is 2.60. The van der Waals surface area contributed by atoms with Gasteiger partial charge in [0, 0.05) is 11.1 Å². The number of ether oxygens (including phenoxy) is 2. The fourth-order valence-corrected chi connectivity index (χ4v) is 2.24. The maximum atomic E-state index is 10.9. The van der Waals surface area contributed by atoms with Crippen molar-refractivity contribution >= 4 is 17.6 Å². The van der Waals surface area contributed by atoms with Crippen molar-refractivity contribution in [2.75, 3.05) is 13.2 Å². The van der Waals surface area contributed by atoms with Crippen LogP contribution in [0.1, 0.15) is 24.2 Å². The quantitative estimate of drug-likeness (QED) is 0.877. The van der Waals surface area contributed by atoms with Crippen LogP contribution in [0.15, 0.2) is 6.07 Å². The maximum Gasteiger partial charge on any atom is 0.337 e. The van der Waals surface area contributed by atoms with Gasteiger partial charge in [0.15, 0.2) is 17.6 Å². The molecule has 2 rings (SSSR count). The summed E-state index contributed by atoms with van der Waals surface area (Å²) in [5, 5.41) is 18.8. The normalized spacial score (nSPS) is 15.3. The van der Waals surface area contributed by atoms with Gasteiger partial charge in [-0.3, -0.25) is 0 Å². The van der Waals surface area contributed by atoms with E-state index in [-0.39, 0.29) is 10.6 Å². The lowest BCUT2D eigenvalue weighted by molar-refractivity contribution is -0.147.